The second-order valence-electron chi connectivity index (χ2n) is 19.5. The van der Waals surface area contributed by atoms with Crippen molar-refractivity contribution in [2.24, 2.45) is 0 Å². The van der Waals surface area contributed by atoms with E-state index < -0.39 is 6.10 Å². The molecule has 0 aliphatic heterocycles. The normalized spacial score (nSPS) is 12.7. The lowest BCUT2D eigenvalue weighted by Gasteiger charge is -2.18. The summed E-state index contributed by atoms with van der Waals surface area (Å²) in [7, 11) is 0. The van der Waals surface area contributed by atoms with Gasteiger partial charge in [0.1, 0.15) is 6.61 Å². The highest BCUT2D eigenvalue weighted by atomic mass is 16.6. The monoisotopic (exact) mass is 949 g/mol. The maximum Gasteiger partial charge on any atom is 0.306 e. The Hall–Kier alpha value is -2.66. The minimum Gasteiger partial charge on any atom is -0.462 e. The fourth-order valence-electron chi connectivity index (χ4n) is 8.26. The fourth-order valence-corrected chi connectivity index (χ4v) is 8.26. The Labute approximate surface area is 423 Å². The number of unbranched alkanes of at least 4 members (excludes halogenated alkanes) is 31. The molecule has 0 aliphatic rings. The lowest BCUT2D eigenvalue weighted by Crippen LogP contribution is -2.30. The van der Waals surface area contributed by atoms with Crippen LogP contribution in [0, 0.1) is 0 Å². The van der Waals surface area contributed by atoms with Crippen molar-refractivity contribution in [2.45, 2.75) is 297 Å². The van der Waals surface area contributed by atoms with Gasteiger partial charge in [0.2, 0.25) is 0 Å². The molecule has 0 amide bonds. The highest BCUT2D eigenvalue weighted by Crippen LogP contribution is 2.15. The smallest absolute Gasteiger partial charge is 0.306 e. The van der Waals surface area contributed by atoms with E-state index in [1.165, 1.54) is 173 Å². The van der Waals surface area contributed by atoms with Gasteiger partial charge in [-0.15, -0.1) is 0 Å². The summed E-state index contributed by atoms with van der Waals surface area (Å²) >= 11 is 0. The van der Waals surface area contributed by atoms with Gasteiger partial charge in [-0.05, 0) is 109 Å². The SMILES string of the molecule is CCC/C=C\C/C=C\CCCCCCCC(=O)OC(COCCCCCCCCCCCC/C=C\CCCCCCCC)COC(=O)CCCCCCCC/C=C\C/C=C\C/C=C\CCCCC. The number of carbonyl (C=O) groups excluding carboxylic acids is 2. The molecular formula is C63H112O5. The summed E-state index contributed by atoms with van der Waals surface area (Å²) in [6, 6.07) is 0. The lowest BCUT2D eigenvalue weighted by molar-refractivity contribution is -0.163. The number of allylic oxidation sites excluding steroid dienone is 12. The summed E-state index contributed by atoms with van der Waals surface area (Å²) < 4.78 is 17.5. The van der Waals surface area contributed by atoms with Crippen LogP contribution >= 0.6 is 0 Å². The van der Waals surface area contributed by atoms with Gasteiger partial charge in [0.15, 0.2) is 6.10 Å². The van der Waals surface area contributed by atoms with E-state index in [1.54, 1.807) is 0 Å². The average molecular weight is 950 g/mol. The van der Waals surface area contributed by atoms with Crippen molar-refractivity contribution >= 4 is 11.9 Å². The number of carbonyl (C=O) groups is 2. The highest BCUT2D eigenvalue weighted by molar-refractivity contribution is 5.70. The summed E-state index contributed by atoms with van der Waals surface area (Å²) in [5, 5.41) is 0. The highest BCUT2D eigenvalue weighted by Gasteiger charge is 2.17. The van der Waals surface area contributed by atoms with E-state index in [1.807, 2.05) is 0 Å². The first kappa shape index (κ1) is 65.3. The average Bonchev–Trinajstić information content (AvgIpc) is 3.34. The standard InChI is InChI=1S/C63H112O5/c1-4-7-10-13-16-19-22-25-27-29-31-33-35-37-40-43-46-49-52-55-58-66-59-61(68-63(65)57-54-51-48-45-42-38-24-21-18-15-12-9-6-3)60-67-62(64)56-53-50-47-44-41-39-36-34-32-30-28-26-23-20-17-14-11-8-5-2/h12,15,17,20-21,24-28,32,34,61H,4-11,13-14,16,18-19,22-23,29-31,33,35-60H2,1-3H3/b15-12-,20-17-,24-21-,27-25-,28-26-,34-32-. The molecule has 5 heteroatoms. The van der Waals surface area contributed by atoms with Crippen LogP contribution in [-0.2, 0) is 23.8 Å². The van der Waals surface area contributed by atoms with Gasteiger partial charge in [0, 0.05) is 19.4 Å². The van der Waals surface area contributed by atoms with Crippen molar-refractivity contribution in [3.8, 4) is 0 Å². The van der Waals surface area contributed by atoms with Crippen LogP contribution in [0.3, 0.4) is 0 Å². The number of hydrogen-bond acceptors (Lipinski definition) is 5. The van der Waals surface area contributed by atoms with E-state index in [0.29, 0.717) is 19.4 Å². The molecule has 0 bridgehead atoms. The largest absolute Gasteiger partial charge is 0.462 e. The maximum atomic E-state index is 12.8. The second-order valence-corrected chi connectivity index (χ2v) is 19.5. The predicted octanol–water partition coefficient (Wildman–Crippen LogP) is 20.2. The van der Waals surface area contributed by atoms with Crippen molar-refractivity contribution in [3.05, 3.63) is 72.9 Å². The molecule has 0 rings (SSSR count). The van der Waals surface area contributed by atoms with Gasteiger partial charge in [0.05, 0.1) is 6.61 Å². The zero-order valence-electron chi connectivity index (χ0n) is 45.4. The third-order valence-corrected chi connectivity index (χ3v) is 12.7. The van der Waals surface area contributed by atoms with Gasteiger partial charge < -0.3 is 14.2 Å². The van der Waals surface area contributed by atoms with E-state index in [9.17, 15) is 9.59 Å². The van der Waals surface area contributed by atoms with Crippen LogP contribution < -0.4 is 0 Å². The van der Waals surface area contributed by atoms with E-state index in [4.69, 9.17) is 14.2 Å². The Morgan fingerprint density at radius 2 is 0.647 bits per heavy atom. The first-order valence-electron chi connectivity index (χ1n) is 29.5. The first-order valence-corrected chi connectivity index (χ1v) is 29.5. The van der Waals surface area contributed by atoms with E-state index >= 15 is 0 Å². The van der Waals surface area contributed by atoms with Crippen LogP contribution in [0.25, 0.3) is 0 Å². The van der Waals surface area contributed by atoms with Crippen molar-refractivity contribution in [1.82, 2.24) is 0 Å². The number of esters is 2. The number of rotatable bonds is 54. The Morgan fingerprint density at radius 1 is 0.324 bits per heavy atom. The third-order valence-electron chi connectivity index (χ3n) is 12.7. The first-order chi connectivity index (χ1) is 33.6. The molecule has 0 saturated heterocycles. The second kappa shape index (κ2) is 58.7. The molecule has 0 spiro atoms. The zero-order chi connectivity index (χ0) is 49.2. The molecule has 0 aromatic heterocycles. The van der Waals surface area contributed by atoms with Gasteiger partial charge in [-0.2, -0.15) is 0 Å². The Kier molecular flexibility index (Phi) is 56.4. The summed E-state index contributed by atoms with van der Waals surface area (Å²) in [5.41, 5.74) is 0. The van der Waals surface area contributed by atoms with E-state index in [2.05, 4.69) is 93.7 Å². The predicted molar refractivity (Wildman–Crippen MR) is 297 cm³/mol. The van der Waals surface area contributed by atoms with Crippen LogP contribution in [-0.4, -0.2) is 37.9 Å². The third kappa shape index (κ3) is 55.9. The van der Waals surface area contributed by atoms with Gasteiger partial charge in [-0.3, -0.25) is 9.59 Å². The molecule has 0 aromatic carbocycles. The summed E-state index contributed by atoms with van der Waals surface area (Å²) in [6.07, 6.45) is 76.4. The molecule has 0 aliphatic carbocycles. The van der Waals surface area contributed by atoms with Gasteiger partial charge >= 0.3 is 11.9 Å². The van der Waals surface area contributed by atoms with Gasteiger partial charge in [-0.1, -0.05) is 241 Å². The van der Waals surface area contributed by atoms with E-state index in [0.717, 1.165) is 83.5 Å². The summed E-state index contributed by atoms with van der Waals surface area (Å²) in [6.45, 7) is 7.73. The molecule has 1 atom stereocenters. The Balaban J connectivity index is 4.26. The fraction of sp³-hybridized carbons (Fsp3) is 0.778. The number of ether oxygens (including phenoxy) is 3. The molecule has 0 aromatic rings. The van der Waals surface area contributed by atoms with Crippen molar-refractivity contribution < 1.29 is 23.8 Å². The minimum absolute atomic E-state index is 0.0714. The lowest BCUT2D eigenvalue weighted by atomic mass is 10.1. The Morgan fingerprint density at radius 3 is 1.09 bits per heavy atom. The van der Waals surface area contributed by atoms with E-state index in [-0.39, 0.29) is 25.2 Å². The molecule has 0 radical (unpaired) electrons. The molecular weight excluding hydrogens is 837 g/mol. The van der Waals surface area contributed by atoms with Crippen LogP contribution in [0.1, 0.15) is 290 Å². The topological polar surface area (TPSA) is 61.8 Å². The molecule has 68 heavy (non-hydrogen) atoms. The van der Waals surface area contributed by atoms with Gasteiger partial charge in [-0.25, -0.2) is 0 Å². The quantitative estimate of drug-likeness (QED) is 0.0345. The summed E-state index contributed by atoms with van der Waals surface area (Å²) in [5.74, 6) is -0.421. The van der Waals surface area contributed by atoms with Crippen LogP contribution in [0.15, 0.2) is 72.9 Å². The number of hydrogen-bond donors (Lipinski definition) is 0. The molecule has 1 unspecified atom stereocenters. The minimum atomic E-state index is -0.552. The van der Waals surface area contributed by atoms with Crippen molar-refractivity contribution in [3.63, 3.8) is 0 Å². The van der Waals surface area contributed by atoms with Crippen LogP contribution in [0.5, 0.6) is 0 Å². The maximum absolute atomic E-state index is 12.8. The molecule has 0 fully saturated rings. The Bertz CT molecular complexity index is 1210. The zero-order valence-corrected chi connectivity index (χ0v) is 45.4. The molecule has 0 saturated carbocycles. The van der Waals surface area contributed by atoms with Crippen LogP contribution in [0.2, 0.25) is 0 Å². The summed E-state index contributed by atoms with van der Waals surface area (Å²) in [4.78, 5) is 25.5. The van der Waals surface area contributed by atoms with Crippen molar-refractivity contribution in [1.29, 1.82) is 0 Å². The molecule has 0 N–H and O–H groups in total. The molecule has 5 nitrogen and oxygen atoms in total. The van der Waals surface area contributed by atoms with Crippen LogP contribution in [0.4, 0.5) is 0 Å². The molecule has 394 valence electrons. The van der Waals surface area contributed by atoms with Gasteiger partial charge in [0.25, 0.3) is 0 Å². The molecule has 0 heterocycles. The van der Waals surface area contributed by atoms with Crippen molar-refractivity contribution in [2.75, 3.05) is 19.8 Å².